The van der Waals surface area contributed by atoms with Crippen LogP contribution in [0.25, 0.3) is 4.96 Å². The van der Waals surface area contributed by atoms with Crippen LogP contribution in [0.3, 0.4) is 0 Å². The van der Waals surface area contributed by atoms with E-state index < -0.39 is 23.1 Å². The lowest BCUT2D eigenvalue weighted by molar-refractivity contribution is 0.0949. The van der Waals surface area contributed by atoms with Crippen LogP contribution < -0.4 is 10.9 Å². The maximum Gasteiger partial charge on any atom is 0.295 e. The van der Waals surface area contributed by atoms with E-state index in [0.717, 1.165) is 15.7 Å². The second-order valence-electron chi connectivity index (χ2n) is 6.01. The Morgan fingerprint density at radius 1 is 1.48 bits per heavy atom. The highest BCUT2D eigenvalue weighted by Gasteiger charge is 2.24. The first-order chi connectivity index (χ1) is 12.9. The van der Waals surface area contributed by atoms with Gasteiger partial charge < -0.3 is 5.32 Å². The van der Waals surface area contributed by atoms with Crippen molar-refractivity contribution >= 4 is 22.2 Å². The maximum absolute atomic E-state index is 14.7. The van der Waals surface area contributed by atoms with Crippen LogP contribution >= 0.6 is 11.3 Å². The van der Waals surface area contributed by atoms with Crippen molar-refractivity contribution in [2.24, 2.45) is 0 Å². The molecule has 2 heterocycles. The number of amides is 1. The van der Waals surface area contributed by atoms with E-state index in [1.807, 2.05) is 0 Å². The van der Waals surface area contributed by atoms with Crippen LogP contribution in [0.15, 0.2) is 27.8 Å². The minimum Gasteiger partial charge on any atom is -0.351 e. The molecular formula is C18H16F2N4O2S. The number of carbonyl (C=O) groups excluding carboxylic acids is 1. The van der Waals surface area contributed by atoms with Crippen LogP contribution in [-0.4, -0.2) is 21.8 Å². The van der Waals surface area contributed by atoms with E-state index in [1.54, 1.807) is 26.0 Å². The number of hydrogen-bond acceptors (Lipinski definition) is 5. The van der Waals surface area contributed by atoms with Gasteiger partial charge in [-0.1, -0.05) is 6.08 Å². The number of rotatable bonds is 4. The molecule has 1 amide bonds. The topological polar surface area (TPSA) is 87.3 Å². The molecule has 0 saturated heterocycles. The fourth-order valence-corrected chi connectivity index (χ4v) is 3.95. The normalized spacial score (nSPS) is 14.3. The van der Waals surface area contributed by atoms with Crippen molar-refractivity contribution in [3.05, 3.63) is 55.5 Å². The molecule has 0 saturated carbocycles. The standard InChI is InChI=1S/C18H16F2N4O2S/c1-3-22-16(25)15-9(2)27-18-23-12(14(20)17(26)24(15)18)7-10-5-4-6-11(8-21)13(10)19/h5H,3-4,6-7H2,1-2H3,(H,22,25). The number of thiazole rings is 1. The first kappa shape index (κ1) is 18.9. The Morgan fingerprint density at radius 2 is 2.22 bits per heavy atom. The minimum absolute atomic E-state index is 0.0104. The summed E-state index contributed by atoms with van der Waals surface area (Å²) in [7, 11) is 0. The number of halogens is 2. The van der Waals surface area contributed by atoms with E-state index >= 15 is 0 Å². The predicted octanol–water partition coefficient (Wildman–Crippen LogP) is 2.96. The van der Waals surface area contributed by atoms with Gasteiger partial charge in [0.25, 0.3) is 11.5 Å². The summed E-state index contributed by atoms with van der Waals surface area (Å²) in [5.74, 6) is -2.30. The zero-order chi connectivity index (χ0) is 19.7. The lowest BCUT2D eigenvalue weighted by Crippen LogP contribution is -2.30. The van der Waals surface area contributed by atoms with Gasteiger partial charge in [-0.25, -0.2) is 13.8 Å². The van der Waals surface area contributed by atoms with Gasteiger partial charge in [0.15, 0.2) is 4.96 Å². The van der Waals surface area contributed by atoms with Crippen LogP contribution in [0.1, 0.15) is 40.8 Å². The largest absolute Gasteiger partial charge is 0.351 e. The summed E-state index contributed by atoms with van der Waals surface area (Å²) in [5.41, 5.74) is -0.998. The number of aryl methyl sites for hydroxylation is 1. The molecule has 0 atom stereocenters. The van der Waals surface area contributed by atoms with Crippen molar-refractivity contribution in [2.45, 2.75) is 33.1 Å². The van der Waals surface area contributed by atoms with E-state index in [4.69, 9.17) is 5.26 Å². The van der Waals surface area contributed by atoms with Crippen LogP contribution in [0.5, 0.6) is 0 Å². The molecule has 2 aromatic rings. The van der Waals surface area contributed by atoms with Crippen molar-refractivity contribution in [1.29, 1.82) is 5.26 Å². The molecule has 0 spiro atoms. The zero-order valence-electron chi connectivity index (χ0n) is 14.7. The van der Waals surface area contributed by atoms with E-state index in [2.05, 4.69) is 10.3 Å². The van der Waals surface area contributed by atoms with Gasteiger partial charge in [0.1, 0.15) is 11.5 Å². The van der Waals surface area contributed by atoms with E-state index in [-0.39, 0.29) is 33.9 Å². The summed E-state index contributed by atoms with van der Waals surface area (Å²) in [6.45, 7) is 3.74. The lowest BCUT2D eigenvalue weighted by Gasteiger charge is -2.12. The summed E-state index contributed by atoms with van der Waals surface area (Å²) in [6, 6.07) is 1.80. The van der Waals surface area contributed by atoms with Gasteiger partial charge in [0.05, 0.1) is 17.3 Å². The third-order valence-corrected chi connectivity index (χ3v) is 5.20. The molecule has 0 aromatic carbocycles. The molecule has 3 rings (SSSR count). The number of hydrogen-bond donors (Lipinski definition) is 1. The first-order valence-electron chi connectivity index (χ1n) is 8.35. The summed E-state index contributed by atoms with van der Waals surface area (Å²) >= 11 is 1.08. The van der Waals surface area contributed by atoms with Gasteiger partial charge >= 0.3 is 0 Å². The number of nitrogens with one attached hydrogen (secondary N) is 1. The second-order valence-corrected chi connectivity index (χ2v) is 7.19. The quantitative estimate of drug-likeness (QED) is 0.870. The molecule has 140 valence electrons. The first-order valence-corrected chi connectivity index (χ1v) is 9.17. The molecule has 0 aliphatic heterocycles. The SMILES string of the molecule is CCNC(=O)c1c(C)sc2nc(CC3=CCCC(C#N)=C3F)c(F)c(=O)n12. The molecule has 1 aliphatic carbocycles. The summed E-state index contributed by atoms with van der Waals surface area (Å²) in [4.78, 5) is 29.6. The van der Waals surface area contributed by atoms with Crippen LogP contribution in [0.2, 0.25) is 0 Å². The molecule has 0 unspecified atom stereocenters. The molecule has 1 aliphatic rings. The lowest BCUT2D eigenvalue weighted by atomic mass is 9.96. The smallest absolute Gasteiger partial charge is 0.295 e. The third kappa shape index (κ3) is 3.28. The van der Waals surface area contributed by atoms with E-state index in [1.165, 1.54) is 0 Å². The highest BCUT2D eigenvalue weighted by molar-refractivity contribution is 7.17. The molecule has 0 bridgehead atoms. The fraction of sp³-hybridized carbons (Fsp3) is 0.333. The van der Waals surface area contributed by atoms with E-state index in [0.29, 0.717) is 24.3 Å². The van der Waals surface area contributed by atoms with Crippen molar-refractivity contribution in [1.82, 2.24) is 14.7 Å². The minimum atomic E-state index is -1.13. The van der Waals surface area contributed by atoms with Gasteiger partial charge in [-0.05, 0) is 32.3 Å². The van der Waals surface area contributed by atoms with Crippen LogP contribution in [0.4, 0.5) is 8.78 Å². The number of aromatic nitrogens is 2. The second kappa shape index (κ2) is 7.40. The third-order valence-electron chi connectivity index (χ3n) is 4.24. The Labute approximate surface area is 157 Å². The van der Waals surface area contributed by atoms with Gasteiger partial charge in [-0.15, -0.1) is 11.3 Å². The number of nitriles is 1. The molecule has 27 heavy (non-hydrogen) atoms. The highest BCUT2D eigenvalue weighted by Crippen LogP contribution is 2.29. The molecule has 1 N–H and O–H groups in total. The maximum atomic E-state index is 14.7. The number of fused-ring (bicyclic) bond motifs is 1. The number of allylic oxidation sites excluding steroid dienone is 4. The number of nitrogens with zero attached hydrogens (tertiary/aromatic N) is 3. The Kier molecular flexibility index (Phi) is 5.19. The Balaban J connectivity index is 2.10. The van der Waals surface area contributed by atoms with Gasteiger partial charge in [0, 0.05) is 17.8 Å². The van der Waals surface area contributed by atoms with Crippen molar-refractivity contribution in [2.75, 3.05) is 6.54 Å². The Hall–Kier alpha value is -2.86. The summed E-state index contributed by atoms with van der Waals surface area (Å²) in [5, 5.41) is 11.5. The van der Waals surface area contributed by atoms with Crippen molar-refractivity contribution in [3.8, 4) is 6.07 Å². The summed E-state index contributed by atoms with van der Waals surface area (Å²) < 4.78 is 29.9. The Bertz CT molecular complexity index is 1110. The Morgan fingerprint density at radius 3 is 2.89 bits per heavy atom. The van der Waals surface area contributed by atoms with Crippen LogP contribution in [0, 0.1) is 24.1 Å². The van der Waals surface area contributed by atoms with E-state index in [9.17, 15) is 18.4 Å². The molecule has 2 aromatic heterocycles. The molecule has 6 nitrogen and oxygen atoms in total. The average molecular weight is 390 g/mol. The molecule has 9 heteroatoms. The fourth-order valence-electron chi connectivity index (χ4n) is 2.97. The summed E-state index contributed by atoms with van der Waals surface area (Å²) in [6.07, 6.45) is 2.11. The zero-order valence-corrected chi connectivity index (χ0v) is 15.5. The molecule has 0 fully saturated rings. The van der Waals surface area contributed by atoms with Gasteiger partial charge in [0.2, 0.25) is 5.82 Å². The van der Waals surface area contributed by atoms with Crippen molar-refractivity contribution in [3.63, 3.8) is 0 Å². The van der Waals surface area contributed by atoms with Gasteiger partial charge in [-0.3, -0.25) is 9.59 Å². The number of carbonyl (C=O) groups is 1. The molecular weight excluding hydrogens is 374 g/mol. The predicted molar refractivity (Wildman–Crippen MR) is 96.8 cm³/mol. The van der Waals surface area contributed by atoms with Crippen LogP contribution in [-0.2, 0) is 6.42 Å². The highest BCUT2D eigenvalue weighted by atomic mass is 32.1. The van der Waals surface area contributed by atoms with Crippen molar-refractivity contribution < 1.29 is 13.6 Å². The molecule has 0 radical (unpaired) electrons. The average Bonchev–Trinajstić information content (AvgIpc) is 2.97. The monoisotopic (exact) mass is 390 g/mol. The van der Waals surface area contributed by atoms with Gasteiger partial charge in [-0.2, -0.15) is 9.65 Å².